The molecule has 0 bridgehead atoms. The van der Waals surface area contributed by atoms with Crippen LogP contribution in [-0.2, 0) is 10.0 Å². The van der Waals surface area contributed by atoms with E-state index < -0.39 is 10.0 Å². The Hall–Kier alpha value is -1.44. The zero-order valence-electron chi connectivity index (χ0n) is 14.4. The quantitative estimate of drug-likeness (QED) is 0.812. The molecule has 1 aliphatic rings. The van der Waals surface area contributed by atoms with Crippen molar-refractivity contribution in [3.8, 4) is 0 Å². The number of sulfonamides is 1. The number of benzene rings is 1. The SMILES string of the molecule is CC(C)CNS(=O)(=O)c1ccc(C(=O)N2CCCCC2CN)cc1. The summed E-state index contributed by atoms with van der Waals surface area (Å²) in [4.78, 5) is 14.6. The second kappa shape index (κ2) is 8.09. The van der Waals surface area contributed by atoms with Gasteiger partial charge in [-0.05, 0) is 49.4 Å². The minimum absolute atomic E-state index is 0.0716. The number of carbonyl (C=O) groups is 1. The first-order chi connectivity index (χ1) is 11.3. The van der Waals surface area contributed by atoms with Crippen molar-refractivity contribution in [3.05, 3.63) is 29.8 Å². The smallest absolute Gasteiger partial charge is 0.254 e. The second-order valence-electron chi connectivity index (χ2n) is 6.65. The molecule has 2 rings (SSSR count). The number of hydrogen-bond donors (Lipinski definition) is 2. The van der Waals surface area contributed by atoms with Gasteiger partial charge >= 0.3 is 0 Å². The van der Waals surface area contributed by atoms with E-state index in [0.717, 1.165) is 19.3 Å². The predicted octanol–water partition coefficient (Wildman–Crippen LogP) is 1.57. The first kappa shape index (κ1) is 18.9. The Morgan fingerprint density at radius 3 is 2.54 bits per heavy atom. The Bertz CT molecular complexity index is 656. The standard InChI is InChI=1S/C17H27N3O3S/c1-13(2)12-19-24(22,23)16-8-6-14(7-9-16)17(21)20-10-4-3-5-15(20)11-18/h6-9,13,15,19H,3-5,10-12,18H2,1-2H3. The molecule has 0 radical (unpaired) electrons. The first-order valence-corrected chi connectivity index (χ1v) is 9.94. The maximum Gasteiger partial charge on any atom is 0.254 e. The Kier molecular flexibility index (Phi) is 6.37. The molecule has 6 nitrogen and oxygen atoms in total. The minimum Gasteiger partial charge on any atom is -0.334 e. The highest BCUT2D eigenvalue weighted by Gasteiger charge is 2.26. The summed E-state index contributed by atoms with van der Waals surface area (Å²) in [5, 5.41) is 0. The van der Waals surface area contributed by atoms with E-state index in [9.17, 15) is 13.2 Å². The third-order valence-electron chi connectivity index (χ3n) is 4.25. The molecule has 1 atom stereocenters. The van der Waals surface area contributed by atoms with E-state index >= 15 is 0 Å². The Morgan fingerprint density at radius 1 is 1.29 bits per heavy atom. The molecule has 0 spiro atoms. The molecule has 134 valence electrons. The highest BCUT2D eigenvalue weighted by atomic mass is 32.2. The number of nitrogens with one attached hydrogen (secondary N) is 1. The molecule has 1 aromatic rings. The van der Waals surface area contributed by atoms with Gasteiger partial charge in [-0.25, -0.2) is 13.1 Å². The van der Waals surface area contributed by atoms with Crippen LogP contribution in [0, 0.1) is 5.92 Å². The summed E-state index contributed by atoms with van der Waals surface area (Å²) < 4.78 is 27.0. The van der Waals surface area contributed by atoms with E-state index in [0.29, 0.717) is 25.2 Å². The van der Waals surface area contributed by atoms with Crippen LogP contribution in [0.1, 0.15) is 43.5 Å². The molecule has 1 aromatic carbocycles. The van der Waals surface area contributed by atoms with E-state index in [2.05, 4.69) is 4.72 Å². The average Bonchev–Trinajstić information content (AvgIpc) is 2.59. The molecular formula is C17H27N3O3S. The molecular weight excluding hydrogens is 326 g/mol. The van der Waals surface area contributed by atoms with Crippen molar-refractivity contribution >= 4 is 15.9 Å². The fourth-order valence-corrected chi connectivity index (χ4v) is 4.03. The number of nitrogens with zero attached hydrogens (tertiary/aromatic N) is 1. The van der Waals surface area contributed by atoms with Crippen LogP contribution >= 0.6 is 0 Å². The van der Waals surface area contributed by atoms with Gasteiger partial charge in [0.2, 0.25) is 10.0 Å². The van der Waals surface area contributed by atoms with Crippen molar-refractivity contribution in [2.75, 3.05) is 19.6 Å². The number of nitrogens with two attached hydrogens (primary N) is 1. The molecule has 0 saturated carbocycles. The van der Waals surface area contributed by atoms with Gasteiger partial charge in [0.1, 0.15) is 0 Å². The monoisotopic (exact) mass is 353 g/mol. The summed E-state index contributed by atoms with van der Waals surface area (Å²) >= 11 is 0. The summed E-state index contributed by atoms with van der Waals surface area (Å²) in [5.74, 6) is 0.150. The Balaban J connectivity index is 2.12. The van der Waals surface area contributed by atoms with Crippen LogP contribution < -0.4 is 10.5 Å². The van der Waals surface area contributed by atoms with Crippen LogP contribution in [-0.4, -0.2) is 44.9 Å². The van der Waals surface area contributed by atoms with Gasteiger partial charge in [0, 0.05) is 31.2 Å². The topological polar surface area (TPSA) is 92.5 Å². The normalized spacial score (nSPS) is 18.8. The van der Waals surface area contributed by atoms with Crippen LogP contribution in [0.4, 0.5) is 0 Å². The zero-order chi connectivity index (χ0) is 17.7. The van der Waals surface area contributed by atoms with Crippen molar-refractivity contribution in [1.82, 2.24) is 9.62 Å². The summed E-state index contributed by atoms with van der Waals surface area (Å²) in [5.41, 5.74) is 6.27. The number of piperidine rings is 1. The van der Waals surface area contributed by atoms with E-state index in [1.54, 1.807) is 12.1 Å². The molecule has 0 aromatic heterocycles. The van der Waals surface area contributed by atoms with E-state index in [-0.39, 0.29) is 22.8 Å². The number of carbonyl (C=O) groups excluding carboxylic acids is 1. The summed E-state index contributed by atoms with van der Waals surface area (Å²) in [6, 6.07) is 6.19. The molecule has 24 heavy (non-hydrogen) atoms. The first-order valence-electron chi connectivity index (χ1n) is 8.46. The van der Waals surface area contributed by atoms with Crippen molar-refractivity contribution in [3.63, 3.8) is 0 Å². The van der Waals surface area contributed by atoms with E-state index in [1.807, 2.05) is 18.7 Å². The van der Waals surface area contributed by atoms with Gasteiger partial charge < -0.3 is 10.6 Å². The van der Waals surface area contributed by atoms with Crippen LogP contribution in [0.15, 0.2) is 29.2 Å². The lowest BCUT2D eigenvalue weighted by atomic mass is 10.0. The third kappa shape index (κ3) is 4.55. The zero-order valence-corrected chi connectivity index (χ0v) is 15.2. The molecule has 1 unspecified atom stereocenters. The van der Waals surface area contributed by atoms with Gasteiger partial charge in [0.05, 0.1) is 4.90 Å². The Morgan fingerprint density at radius 2 is 1.96 bits per heavy atom. The number of hydrogen-bond acceptors (Lipinski definition) is 4. The Labute approximate surface area is 144 Å². The number of likely N-dealkylation sites (tertiary alicyclic amines) is 1. The van der Waals surface area contributed by atoms with Crippen molar-refractivity contribution < 1.29 is 13.2 Å². The molecule has 1 aliphatic heterocycles. The molecule has 1 heterocycles. The van der Waals surface area contributed by atoms with Gasteiger partial charge in [0.15, 0.2) is 0 Å². The lowest BCUT2D eigenvalue weighted by Gasteiger charge is -2.35. The summed E-state index contributed by atoms with van der Waals surface area (Å²) in [6.07, 6.45) is 2.99. The van der Waals surface area contributed by atoms with Gasteiger partial charge in [-0.3, -0.25) is 4.79 Å². The molecule has 0 aliphatic carbocycles. The largest absolute Gasteiger partial charge is 0.334 e. The molecule has 1 fully saturated rings. The summed E-state index contributed by atoms with van der Waals surface area (Å²) in [7, 11) is -3.53. The van der Waals surface area contributed by atoms with Gasteiger partial charge in [-0.1, -0.05) is 13.8 Å². The molecule has 7 heteroatoms. The fraction of sp³-hybridized carbons (Fsp3) is 0.588. The van der Waals surface area contributed by atoms with Gasteiger partial charge in [-0.15, -0.1) is 0 Å². The van der Waals surface area contributed by atoms with Crippen molar-refractivity contribution in [2.24, 2.45) is 11.7 Å². The highest BCUT2D eigenvalue weighted by Crippen LogP contribution is 2.20. The molecule has 3 N–H and O–H groups in total. The lowest BCUT2D eigenvalue weighted by molar-refractivity contribution is 0.0623. The fourth-order valence-electron chi connectivity index (χ4n) is 2.82. The van der Waals surface area contributed by atoms with Crippen molar-refractivity contribution in [2.45, 2.75) is 44.0 Å². The molecule has 1 amide bonds. The second-order valence-corrected chi connectivity index (χ2v) is 8.42. The van der Waals surface area contributed by atoms with Gasteiger partial charge in [0.25, 0.3) is 5.91 Å². The predicted molar refractivity (Wildman–Crippen MR) is 94.2 cm³/mol. The van der Waals surface area contributed by atoms with Crippen LogP contribution in [0.5, 0.6) is 0 Å². The van der Waals surface area contributed by atoms with E-state index in [4.69, 9.17) is 5.73 Å². The lowest BCUT2D eigenvalue weighted by Crippen LogP contribution is -2.47. The van der Waals surface area contributed by atoms with Crippen LogP contribution in [0.2, 0.25) is 0 Å². The maximum atomic E-state index is 12.7. The minimum atomic E-state index is -3.53. The van der Waals surface area contributed by atoms with Crippen molar-refractivity contribution in [1.29, 1.82) is 0 Å². The maximum absolute atomic E-state index is 12.7. The van der Waals surface area contributed by atoms with E-state index in [1.165, 1.54) is 12.1 Å². The number of amides is 1. The van der Waals surface area contributed by atoms with Gasteiger partial charge in [-0.2, -0.15) is 0 Å². The average molecular weight is 353 g/mol. The number of rotatable bonds is 6. The third-order valence-corrected chi connectivity index (χ3v) is 5.69. The molecule has 1 saturated heterocycles. The van der Waals surface area contributed by atoms with Crippen LogP contribution in [0.3, 0.4) is 0 Å². The summed E-state index contributed by atoms with van der Waals surface area (Å²) in [6.45, 7) is 5.43. The highest BCUT2D eigenvalue weighted by molar-refractivity contribution is 7.89. The van der Waals surface area contributed by atoms with Crippen LogP contribution in [0.25, 0.3) is 0 Å².